The third-order valence-electron chi connectivity index (χ3n) is 2.94. The molecule has 1 aromatic rings. The van der Waals surface area contributed by atoms with Crippen molar-refractivity contribution >= 4 is 6.09 Å². The number of hydrogen-bond acceptors (Lipinski definition) is 4. The lowest BCUT2D eigenvalue weighted by atomic mass is 10.2. The van der Waals surface area contributed by atoms with E-state index in [1.165, 1.54) is 0 Å². The number of nitrogens with zero attached hydrogens (tertiary/aromatic N) is 1. The van der Waals surface area contributed by atoms with Crippen LogP contribution in [-0.4, -0.2) is 43.3 Å². The number of benzene rings is 1. The van der Waals surface area contributed by atoms with Gasteiger partial charge in [0.1, 0.15) is 6.61 Å². The highest BCUT2D eigenvalue weighted by Crippen LogP contribution is 2.09. The average Bonchev–Trinajstić information content (AvgIpc) is 2.45. The van der Waals surface area contributed by atoms with E-state index < -0.39 is 0 Å². The molecule has 1 fully saturated rings. The van der Waals surface area contributed by atoms with Gasteiger partial charge in [0.2, 0.25) is 0 Å². The molecule has 5 heteroatoms. The molecule has 1 amide bonds. The first kappa shape index (κ1) is 12.9. The van der Waals surface area contributed by atoms with Gasteiger partial charge in [0, 0.05) is 13.1 Å². The lowest BCUT2D eigenvalue weighted by Crippen LogP contribution is -2.52. The summed E-state index contributed by atoms with van der Waals surface area (Å²) in [6, 6.07) is 9.53. The zero-order valence-electron chi connectivity index (χ0n) is 10.2. The van der Waals surface area contributed by atoms with Crippen molar-refractivity contribution in [3.05, 3.63) is 35.9 Å². The molecule has 1 saturated heterocycles. The summed E-state index contributed by atoms with van der Waals surface area (Å²) < 4.78 is 10.6. The maximum atomic E-state index is 11.9. The van der Waals surface area contributed by atoms with E-state index in [9.17, 15) is 4.79 Å². The molecule has 1 aliphatic rings. The fourth-order valence-corrected chi connectivity index (χ4v) is 1.89. The summed E-state index contributed by atoms with van der Waals surface area (Å²) in [5, 5.41) is 0. The number of amides is 1. The van der Waals surface area contributed by atoms with E-state index in [1.54, 1.807) is 4.90 Å². The van der Waals surface area contributed by atoms with Crippen molar-refractivity contribution in [1.29, 1.82) is 0 Å². The van der Waals surface area contributed by atoms with Gasteiger partial charge >= 0.3 is 6.09 Å². The molecule has 0 unspecified atom stereocenters. The highest BCUT2D eigenvalue weighted by Gasteiger charge is 2.27. The van der Waals surface area contributed by atoms with Crippen molar-refractivity contribution in [3.63, 3.8) is 0 Å². The van der Waals surface area contributed by atoms with Crippen molar-refractivity contribution in [2.45, 2.75) is 12.6 Å². The molecule has 1 aliphatic heterocycles. The first-order chi connectivity index (χ1) is 8.81. The molecule has 98 valence electrons. The monoisotopic (exact) mass is 250 g/mol. The van der Waals surface area contributed by atoms with Crippen LogP contribution in [0.3, 0.4) is 0 Å². The van der Waals surface area contributed by atoms with E-state index in [1.807, 2.05) is 30.3 Å². The van der Waals surface area contributed by atoms with Crippen LogP contribution in [0.15, 0.2) is 30.3 Å². The molecular formula is C13H18N2O3. The fraction of sp³-hybridized carbons (Fsp3) is 0.462. The summed E-state index contributed by atoms with van der Waals surface area (Å²) in [6.45, 7) is 2.23. The van der Waals surface area contributed by atoms with Crippen molar-refractivity contribution in [3.8, 4) is 0 Å². The summed E-state index contributed by atoms with van der Waals surface area (Å²) in [4.78, 5) is 13.6. The molecule has 0 radical (unpaired) electrons. The predicted octanol–water partition coefficient (Wildman–Crippen LogP) is 0.983. The largest absolute Gasteiger partial charge is 0.445 e. The van der Waals surface area contributed by atoms with Gasteiger partial charge in [0.25, 0.3) is 0 Å². The SMILES string of the molecule is NC[C@H]1COCCN1C(=O)OCc1ccccc1. The summed E-state index contributed by atoms with van der Waals surface area (Å²) in [5.41, 5.74) is 6.58. The van der Waals surface area contributed by atoms with Gasteiger partial charge in [0.05, 0.1) is 19.3 Å². The molecule has 1 heterocycles. The Balaban J connectivity index is 1.87. The van der Waals surface area contributed by atoms with Crippen LogP contribution < -0.4 is 5.73 Å². The maximum absolute atomic E-state index is 11.9. The summed E-state index contributed by atoms with van der Waals surface area (Å²) >= 11 is 0. The Morgan fingerprint density at radius 3 is 2.94 bits per heavy atom. The van der Waals surface area contributed by atoms with E-state index in [2.05, 4.69) is 0 Å². The predicted molar refractivity (Wildman–Crippen MR) is 67.0 cm³/mol. The standard InChI is InChI=1S/C13H18N2O3/c14-8-12-10-17-7-6-15(12)13(16)18-9-11-4-2-1-3-5-11/h1-5,12H,6-10,14H2/t12-/m0/s1. The zero-order valence-corrected chi connectivity index (χ0v) is 10.2. The van der Waals surface area contributed by atoms with E-state index in [-0.39, 0.29) is 18.7 Å². The van der Waals surface area contributed by atoms with Gasteiger partial charge < -0.3 is 15.2 Å². The first-order valence-electron chi connectivity index (χ1n) is 6.06. The topological polar surface area (TPSA) is 64.8 Å². The molecule has 0 spiro atoms. The zero-order chi connectivity index (χ0) is 12.8. The van der Waals surface area contributed by atoms with Crippen LogP contribution in [0.25, 0.3) is 0 Å². The van der Waals surface area contributed by atoms with Crippen molar-refractivity contribution < 1.29 is 14.3 Å². The molecule has 1 atom stereocenters. The molecule has 2 rings (SSSR count). The lowest BCUT2D eigenvalue weighted by molar-refractivity contribution is -0.00772. The maximum Gasteiger partial charge on any atom is 0.410 e. The molecule has 5 nitrogen and oxygen atoms in total. The van der Waals surface area contributed by atoms with E-state index in [0.717, 1.165) is 5.56 Å². The van der Waals surface area contributed by atoms with E-state index >= 15 is 0 Å². The quantitative estimate of drug-likeness (QED) is 0.868. The van der Waals surface area contributed by atoms with Crippen molar-refractivity contribution in [1.82, 2.24) is 4.90 Å². The first-order valence-corrected chi connectivity index (χ1v) is 6.06. The van der Waals surface area contributed by atoms with Crippen LogP contribution >= 0.6 is 0 Å². The smallest absolute Gasteiger partial charge is 0.410 e. The van der Waals surface area contributed by atoms with Gasteiger partial charge in [0.15, 0.2) is 0 Å². The van der Waals surface area contributed by atoms with Gasteiger partial charge in [-0.1, -0.05) is 30.3 Å². The normalized spacial score (nSPS) is 19.6. The van der Waals surface area contributed by atoms with Gasteiger partial charge in [-0.15, -0.1) is 0 Å². The van der Waals surface area contributed by atoms with Crippen LogP contribution in [0.5, 0.6) is 0 Å². The van der Waals surface area contributed by atoms with Gasteiger partial charge in [-0.3, -0.25) is 4.90 Å². The number of rotatable bonds is 3. The number of morpholine rings is 1. The molecule has 2 N–H and O–H groups in total. The molecular weight excluding hydrogens is 232 g/mol. The second-order valence-electron chi connectivity index (χ2n) is 4.20. The van der Waals surface area contributed by atoms with Gasteiger partial charge in [-0.2, -0.15) is 0 Å². The fourth-order valence-electron chi connectivity index (χ4n) is 1.89. The summed E-state index contributed by atoms with van der Waals surface area (Å²) in [6.07, 6.45) is -0.322. The van der Waals surface area contributed by atoms with Crippen LogP contribution in [0.4, 0.5) is 4.79 Å². The minimum Gasteiger partial charge on any atom is -0.445 e. The molecule has 0 bridgehead atoms. The number of carbonyl (C=O) groups excluding carboxylic acids is 1. The third-order valence-corrected chi connectivity index (χ3v) is 2.94. The molecule has 0 aromatic heterocycles. The van der Waals surface area contributed by atoms with E-state index in [0.29, 0.717) is 26.3 Å². The van der Waals surface area contributed by atoms with E-state index in [4.69, 9.17) is 15.2 Å². The number of ether oxygens (including phenoxy) is 2. The lowest BCUT2D eigenvalue weighted by Gasteiger charge is -2.33. The minimum absolute atomic E-state index is 0.0815. The van der Waals surface area contributed by atoms with Crippen LogP contribution in [0, 0.1) is 0 Å². The second-order valence-corrected chi connectivity index (χ2v) is 4.20. The number of hydrogen-bond donors (Lipinski definition) is 1. The van der Waals surface area contributed by atoms with Crippen LogP contribution in [0.2, 0.25) is 0 Å². The second kappa shape index (κ2) is 6.37. The molecule has 0 saturated carbocycles. The molecule has 1 aromatic carbocycles. The van der Waals surface area contributed by atoms with Crippen LogP contribution in [-0.2, 0) is 16.1 Å². The Morgan fingerprint density at radius 2 is 2.22 bits per heavy atom. The third kappa shape index (κ3) is 3.21. The molecule has 18 heavy (non-hydrogen) atoms. The number of carbonyl (C=O) groups is 1. The molecule has 0 aliphatic carbocycles. The Morgan fingerprint density at radius 1 is 1.44 bits per heavy atom. The van der Waals surface area contributed by atoms with Crippen molar-refractivity contribution in [2.24, 2.45) is 5.73 Å². The average molecular weight is 250 g/mol. The minimum atomic E-state index is -0.322. The Labute approximate surface area is 106 Å². The highest BCUT2D eigenvalue weighted by molar-refractivity contribution is 5.68. The Bertz CT molecular complexity index is 383. The Kier molecular flexibility index (Phi) is 4.55. The number of nitrogens with two attached hydrogens (primary N) is 1. The Hall–Kier alpha value is -1.59. The van der Waals surface area contributed by atoms with Crippen molar-refractivity contribution in [2.75, 3.05) is 26.3 Å². The summed E-state index contributed by atoms with van der Waals surface area (Å²) in [5.74, 6) is 0. The van der Waals surface area contributed by atoms with Gasteiger partial charge in [-0.05, 0) is 5.56 Å². The highest BCUT2D eigenvalue weighted by atomic mass is 16.6. The van der Waals surface area contributed by atoms with Crippen LogP contribution in [0.1, 0.15) is 5.56 Å². The summed E-state index contributed by atoms with van der Waals surface area (Å²) in [7, 11) is 0. The van der Waals surface area contributed by atoms with Gasteiger partial charge in [-0.25, -0.2) is 4.79 Å².